The highest BCUT2D eigenvalue weighted by Crippen LogP contribution is 2.30. The van der Waals surface area contributed by atoms with Crippen LogP contribution in [-0.2, 0) is 12.7 Å². The molecule has 0 spiro atoms. The summed E-state index contributed by atoms with van der Waals surface area (Å²) in [4.78, 5) is 0. The van der Waals surface area contributed by atoms with Crippen LogP contribution >= 0.6 is 0 Å². The Hall–Kier alpha value is -1.03. The Morgan fingerprint density at radius 2 is 1.95 bits per heavy atom. The molecule has 2 rings (SSSR count). The van der Waals surface area contributed by atoms with Crippen LogP contribution in [0.15, 0.2) is 24.3 Å². The quantitative estimate of drug-likeness (QED) is 0.840. The molecule has 4 heteroatoms. The summed E-state index contributed by atoms with van der Waals surface area (Å²) in [6.07, 6.45) is 1.75. The fourth-order valence-electron chi connectivity index (χ4n) is 3.07. The SMILES string of the molecule is CCC1CCCCC1NCc1cccc(C(F)(F)F)c1. The number of nitrogens with one attached hydrogen (secondary N) is 1. The van der Waals surface area contributed by atoms with E-state index in [4.69, 9.17) is 0 Å². The Morgan fingerprint density at radius 1 is 1.20 bits per heavy atom. The Bertz CT molecular complexity index is 428. The summed E-state index contributed by atoms with van der Waals surface area (Å²) >= 11 is 0. The lowest BCUT2D eigenvalue weighted by atomic mass is 9.83. The van der Waals surface area contributed by atoms with Crippen molar-refractivity contribution in [2.24, 2.45) is 5.92 Å². The fourth-order valence-corrected chi connectivity index (χ4v) is 3.07. The van der Waals surface area contributed by atoms with Crippen LogP contribution in [0.5, 0.6) is 0 Å². The van der Waals surface area contributed by atoms with Gasteiger partial charge in [-0.15, -0.1) is 0 Å². The van der Waals surface area contributed by atoms with E-state index in [-0.39, 0.29) is 0 Å². The molecule has 0 heterocycles. The minimum atomic E-state index is -4.26. The Morgan fingerprint density at radius 3 is 2.65 bits per heavy atom. The normalized spacial score (nSPS) is 23.8. The predicted molar refractivity (Wildman–Crippen MR) is 74.3 cm³/mol. The van der Waals surface area contributed by atoms with Crippen molar-refractivity contribution in [2.45, 2.75) is 57.8 Å². The van der Waals surface area contributed by atoms with Crippen LogP contribution in [0.1, 0.15) is 50.2 Å². The van der Waals surface area contributed by atoms with Gasteiger partial charge in [0.2, 0.25) is 0 Å². The second-order valence-electron chi connectivity index (χ2n) is 5.64. The standard InChI is InChI=1S/C16H22F3N/c1-2-13-7-3-4-9-15(13)20-11-12-6-5-8-14(10-12)16(17,18)19/h5-6,8,10,13,15,20H,2-4,7,9,11H2,1H3. The van der Waals surface area contributed by atoms with E-state index in [0.29, 0.717) is 24.1 Å². The van der Waals surface area contributed by atoms with Gasteiger partial charge in [0.05, 0.1) is 5.56 Å². The van der Waals surface area contributed by atoms with Gasteiger partial charge in [0.25, 0.3) is 0 Å². The zero-order valence-corrected chi connectivity index (χ0v) is 11.8. The second-order valence-corrected chi connectivity index (χ2v) is 5.64. The molecule has 0 saturated heterocycles. The summed E-state index contributed by atoms with van der Waals surface area (Å²) < 4.78 is 38.0. The van der Waals surface area contributed by atoms with Crippen LogP contribution in [0, 0.1) is 5.92 Å². The average Bonchev–Trinajstić information content (AvgIpc) is 2.45. The molecule has 0 aliphatic heterocycles. The molecule has 1 aliphatic carbocycles. The van der Waals surface area contributed by atoms with Gasteiger partial charge in [-0.2, -0.15) is 13.2 Å². The monoisotopic (exact) mass is 285 g/mol. The third kappa shape index (κ3) is 3.98. The zero-order chi connectivity index (χ0) is 14.6. The molecule has 1 fully saturated rings. The number of benzene rings is 1. The molecule has 0 aromatic heterocycles. The molecule has 1 nitrogen and oxygen atoms in total. The highest BCUT2D eigenvalue weighted by Gasteiger charge is 2.30. The van der Waals surface area contributed by atoms with Gasteiger partial charge in [-0.3, -0.25) is 0 Å². The second kappa shape index (κ2) is 6.61. The van der Waals surface area contributed by atoms with Gasteiger partial charge in [-0.1, -0.05) is 44.4 Å². The van der Waals surface area contributed by atoms with E-state index in [0.717, 1.165) is 18.9 Å². The van der Waals surface area contributed by atoms with E-state index in [1.165, 1.54) is 31.4 Å². The first-order valence-electron chi connectivity index (χ1n) is 7.40. The van der Waals surface area contributed by atoms with E-state index in [1.54, 1.807) is 6.07 Å². The molecular weight excluding hydrogens is 263 g/mol. The van der Waals surface area contributed by atoms with Gasteiger partial charge in [-0.05, 0) is 30.4 Å². The first-order chi connectivity index (χ1) is 9.50. The summed E-state index contributed by atoms with van der Waals surface area (Å²) in [6.45, 7) is 2.71. The molecule has 1 saturated carbocycles. The Balaban J connectivity index is 1.96. The zero-order valence-electron chi connectivity index (χ0n) is 11.8. The van der Waals surface area contributed by atoms with E-state index in [2.05, 4.69) is 12.2 Å². The molecule has 0 amide bonds. The minimum absolute atomic E-state index is 0.447. The van der Waals surface area contributed by atoms with E-state index in [1.807, 2.05) is 0 Å². The molecule has 1 aromatic rings. The van der Waals surface area contributed by atoms with Crippen LogP contribution in [0.2, 0.25) is 0 Å². The van der Waals surface area contributed by atoms with Gasteiger partial charge in [0.15, 0.2) is 0 Å². The predicted octanol–water partition coefficient (Wildman–Crippen LogP) is 4.76. The van der Waals surface area contributed by atoms with Crippen molar-refractivity contribution in [3.05, 3.63) is 35.4 Å². The third-order valence-corrected chi connectivity index (χ3v) is 4.26. The maximum absolute atomic E-state index is 12.7. The lowest BCUT2D eigenvalue weighted by Gasteiger charge is -2.31. The molecule has 20 heavy (non-hydrogen) atoms. The van der Waals surface area contributed by atoms with Crippen molar-refractivity contribution in [3.63, 3.8) is 0 Å². The van der Waals surface area contributed by atoms with Crippen molar-refractivity contribution >= 4 is 0 Å². The maximum Gasteiger partial charge on any atom is 0.416 e. The minimum Gasteiger partial charge on any atom is -0.310 e. The molecule has 1 aromatic carbocycles. The Kier molecular flexibility index (Phi) is 5.08. The van der Waals surface area contributed by atoms with E-state index in [9.17, 15) is 13.2 Å². The number of halogens is 3. The molecule has 112 valence electrons. The average molecular weight is 285 g/mol. The highest BCUT2D eigenvalue weighted by atomic mass is 19.4. The molecule has 2 atom stereocenters. The lowest BCUT2D eigenvalue weighted by Crippen LogP contribution is -2.37. The van der Waals surface area contributed by atoms with Gasteiger partial charge in [-0.25, -0.2) is 0 Å². The van der Waals surface area contributed by atoms with Crippen LogP contribution in [0.4, 0.5) is 13.2 Å². The summed E-state index contributed by atoms with van der Waals surface area (Å²) in [5.74, 6) is 0.662. The maximum atomic E-state index is 12.7. The van der Waals surface area contributed by atoms with E-state index < -0.39 is 11.7 Å². The van der Waals surface area contributed by atoms with Crippen molar-refractivity contribution in [2.75, 3.05) is 0 Å². The van der Waals surface area contributed by atoms with E-state index >= 15 is 0 Å². The number of hydrogen-bond donors (Lipinski definition) is 1. The summed E-state index contributed by atoms with van der Waals surface area (Å²) in [5, 5.41) is 3.45. The molecular formula is C16H22F3N. The lowest BCUT2D eigenvalue weighted by molar-refractivity contribution is -0.137. The van der Waals surface area contributed by atoms with Crippen molar-refractivity contribution in [1.82, 2.24) is 5.32 Å². The van der Waals surface area contributed by atoms with Gasteiger partial charge in [0.1, 0.15) is 0 Å². The molecule has 2 unspecified atom stereocenters. The summed E-state index contributed by atoms with van der Waals surface area (Å²) in [5.41, 5.74) is 0.146. The highest BCUT2D eigenvalue weighted by molar-refractivity contribution is 5.25. The van der Waals surface area contributed by atoms with Crippen LogP contribution in [0.25, 0.3) is 0 Å². The molecule has 0 radical (unpaired) electrons. The van der Waals surface area contributed by atoms with Gasteiger partial charge < -0.3 is 5.32 Å². The first kappa shape index (κ1) is 15.4. The first-order valence-corrected chi connectivity index (χ1v) is 7.40. The molecule has 0 bridgehead atoms. The summed E-state index contributed by atoms with van der Waals surface area (Å²) in [7, 11) is 0. The van der Waals surface area contributed by atoms with Crippen LogP contribution < -0.4 is 5.32 Å². The number of rotatable bonds is 4. The van der Waals surface area contributed by atoms with Gasteiger partial charge >= 0.3 is 6.18 Å². The van der Waals surface area contributed by atoms with Crippen molar-refractivity contribution in [1.29, 1.82) is 0 Å². The fraction of sp³-hybridized carbons (Fsp3) is 0.625. The smallest absolute Gasteiger partial charge is 0.310 e. The third-order valence-electron chi connectivity index (χ3n) is 4.26. The van der Waals surface area contributed by atoms with Crippen LogP contribution in [0.3, 0.4) is 0 Å². The summed E-state index contributed by atoms with van der Waals surface area (Å²) in [6, 6.07) is 6.06. The molecule has 1 N–H and O–H groups in total. The van der Waals surface area contributed by atoms with Gasteiger partial charge in [0, 0.05) is 12.6 Å². The largest absolute Gasteiger partial charge is 0.416 e. The van der Waals surface area contributed by atoms with Crippen LogP contribution in [-0.4, -0.2) is 6.04 Å². The Labute approximate surface area is 118 Å². The molecule has 1 aliphatic rings. The van der Waals surface area contributed by atoms with Crippen molar-refractivity contribution in [3.8, 4) is 0 Å². The van der Waals surface area contributed by atoms with Crippen molar-refractivity contribution < 1.29 is 13.2 Å². The number of alkyl halides is 3. The topological polar surface area (TPSA) is 12.0 Å². The number of hydrogen-bond acceptors (Lipinski definition) is 1.